The standard InChI is InChI=1S/C23H22N2O3/c1-17-9-8-12-19(15-17)24-22(26)21(16-18-10-4-2-5-11-18)25-23(27)28-20-13-6-3-7-14-20/h2-15,21H,16H2,1H3,(H,24,26)(H,25,27)/t21-/m0/s1. The Bertz CT molecular complexity index is 927. The van der Waals surface area contributed by atoms with Crippen LogP contribution in [0, 0.1) is 6.92 Å². The van der Waals surface area contributed by atoms with E-state index in [-0.39, 0.29) is 5.91 Å². The number of aryl methyl sites for hydroxylation is 1. The molecule has 3 aromatic carbocycles. The minimum Gasteiger partial charge on any atom is -0.410 e. The van der Waals surface area contributed by atoms with Gasteiger partial charge < -0.3 is 15.4 Å². The van der Waals surface area contributed by atoms with E-state index in [1.54, 1.807) is 24.3 Å². The fraction of sp³-hybridized carbons (Fsp3) is 0.130. The lowest BCUT2D eigenvalue weighted by Crippen LogP contribution is -2.46. The van der Waals surface area contributed by atoms with Gasteiger partial charge in [-0.2, -0.15) is 0 Å². The number of hydrogen-bond acceptors (Lipinski definition) is 3. The number of para-hydroxylation sites is 1. The van der Waals surface area contributed by atoms with Crippen molar-refractivity contribution in [2.45, 2.75) is 19.4 Å². The van der Waals surface area contributed by atoms with Gasteiger partial charge in [-0.3, -0.25) is 4.79 Å². The van der Waals surface area contributed by atoms with Crippen LogP contribution in [-0.4, -0.2) is 18.0 Å². The van der Waals surface area contributed by atoms with Gasteiger partial charge in [-0.25, -0.2) is 4.79 Å². The number of anilines is 1. The summed E-state index contributed by atoms with van der Waals surface area (Å²) in [5.41, 5.74) is 2.65. The maximum Gasteiger partial charge on any atom is 0.413 e. The fourth-order valence-electron chi connectivity index (χ4n) is 2.78. The monoisotopic (exact) mass is 374 g/mol. The highest BCUT2D eigenvalue weighted by Gasteiger charge is 2.22. The quantitative estimate of drug-likeness (QED) is 0.675. The second kappa shape index (κ2) is 9.37. The molecule has 2 N–H and O–H groups in total. The van der Waals surface area contributed by atoms with Crippen LogP contribution < -0.4 is 15.4 Å². The molecule has 0 saturated heterocycles. The molecule has 3 aromatic rings. The summed E-state index contributed by atoms with van der Waals surface area (Å²) in [6, 6.07) is 25.0. The lowest BCUT2D eigenvalue weighted by atomic mass is 10.1. The largest absolute Gasteiger partial charge is 0.413 e. The predicted molar refractivity (Wildman–Crippen MR) is 109 cm³/mol. The molecule has 0 saturated carbocycles. The molecule has 5 nitrogen and oxygen atoms in total. The van der Waals surface area contributed by atoms with Crippen LogP contribution >= 0.6 is 0 Å². The summed E-state index contributed by atoms with van der Waals surface area (Å²) in [5, 5.41) is 5.54. The molecule has 28 heavy (non-hydrogen) atoms. The first kappa shape index (κ1) is 19.2. The van der Waals surface area contributed by atoms with E-state index >= 15 is 0 Å². The minimum absolute atomic E-state index is 0.306. The molecule has 0 fully saturated rings. The van der Waals surface area contributed by atoms with Crippen LogP contribution in [0.5, 0.6) is 5.75 Å². The van der Waals surface area contributed by atoms with Crippen LogP contribution in [-0.2, 0) is 11.2 Å². The molecule has 0 bridgehead atoms. The SMILES string of the molecule is Cc1cccc(NC(=O)[C@H](Cc2ccccc2)NC(=O)Oc2ccccc2)c1. The van der Waals surface area contributed by atoms with Crippen molar-refractivity contribution in [3.8, 4) is 5.75 Å². The van der Waals surface area contributed by atoms with Gasteiger partial charge in [0.1, 0.15) is 11.8 Å². The van der Waals surface area contributed by atoms with Gasteiger partial charge >= 0.3 is 6.09 Å². The number of carbonyl (C=O) groups excluding carboxylic acids is 2. The summed E-state index contributed by atoms with van der Waals surface area (Å²) in [5.74, 6) is 0.108. The molecule has 0 heterocycles. The van der Waals surface area contributed by atoms with Gasteiger partial charge in [0.05, 0.1) is 0 Å². The number of benzene rings is 3. The van der Waals surface area contributed by atoms with Gasteiger partial charge in [-0.05, 0) is 42.3 Å². The van der Waals surface area contributed by atoms with Gasteiger partial charge in [0.2, 0.25) is 5.91 Å². The molecule has 2 amide bonds. The Balaban J connectivity index is 1.72. The molecule has 0 unspecified atom stereocenters. The summed E-state index contributed by atoms with van der Waals surface area (Å²) >= 11 is 0. The topological polar surface area (TPSA) is 67.4 Å². The van der Waals surface area contributed by atoms with Gasteiger partial charge in [-0.15, -0.1) is 0 Å². The Morgan fingerprint density at radius 2 is 1.57 bits per heavy atom. The first-order chi connectivity index (χ1) is 13.6. The molecule has 142 valence electrons. The highest BCUT2D eigenvalue weighted by molar-refractivity contribution is 5.97. The van der Waals surface area contributed by atoms with E-state index in [4.69, 9.17) is 4.74 Å². The van der Waals surface area contributed by atoms with E-state index < -0.39 is 12.1 Å². The first-order valence-electron chi connectivity index (χ1n) is 9.05. The average molecular weight is 374 g/mol. The Hall–Kier alpha value is -3.60. The number of rotatable bonds is 6. The predicted octanol–water partition coefficient (Wildman–Crippen LogP) is 4.33. The van der Waals surface area contributed by atoms with Crippen LogP contribution in [0.3, 0.4) is 0 Å². The first-order valence-corrected chi connectivity index (χ1v) is 9.05. The molecule has 1 atom stereocenters. The van der Waals surface area contributed by atoms with Crippen LogP contribution in [0.15, 0.2) is 84.9 Å². The smallest absolute Gasteiger partial charge is 0.410 e. The van der Waals surface area contributed by atoms with Crippen molar-refractivity contribution >= 4 is 17.7 Å². The van der Waals surface area contributed by atoms with E-state index in [2.05, 4.69) is 10.6 Å². The lowest BCUT2D eigenvalue weighted by molar-refractivity contribution is -0.118. The van der Waals surface area contributed by atoms with E-state index in [0.29, 0.717) is 17.9 Å². The van der Waals surface area contributed by atoms with Gasteiger partial charge in [0.15, 0.2) is 0 Å². The molecule has 0 radical (unpaired) electrons. The van der Waals surface area contributed by atoms with Crippen molar-refractivity contribution in [1.29, 1.82) is 0 Å². The molecule has 0 aliphatic heterocycles. The average Bonchev–Trinajstić information content (AvgIpc) is 2.69. The summed E-state index contributed by atoms with van der Waals surface area (Å²) in [6.07, 6.45) is -0.325. The Morgan fingerprint density at radius 1 is 0.893 bits per heavy atom. The molecule has 0 spiro atoms. The number of nitrogens with one attached hydrogen (secondary N) is 2. The number of carbonyl (C=O) groups is 2. The number of hydrogen-bond donors (Lipinski definition) is 2. The zero-order valence-electron chi connectivity index (χ0n) is 15.6. The highest BCUT2D eigenvalue weighted by Crippen LogP contribution is 2.12. The summed E-state index contributed by atoms with van der Waals surface area (Å²) in [6.45, 7) is 1.95. The van der Waals surface area contributed by atoms with Gasteiger partial charge in [0.25, 0.3) is 0 Å². The van der Waals surface area contributed by atoms with Crippen molar-refractivity contribution in [3.63, 3.8) is 0 Å². The van der Waals surface area contributed by atoms with Gasteiger partial charge in [0, 0.05) is 12.1 Å². The molecule has 5 heteroatoms. The van der Waals surface area contributed by atoms with Crippen molar-refractivity contribution in [1.82, 2.24) is 5.32 Å². The third kappa shape index (κ3) is 5.71. The zero-order valence-corrected chi connectivity index (χ0v) is 15.6. The maximum atomic E-state index is 12.8. The lowest BCUT2D eigenvalue weighted by Gasteiger charge is -2.18. The van der Waals surface area contributed by atoms with Crippen molar-refractivity contribution in [2.24, 2.45) is 0 Å². The second-order valence-electron chi connectivity index (χ2n) is 6.45. The Labute approximate surface area is 164 Å². The van der Waals surface area contributed by atoms with E-state index in [1.165, 1.54) is 0 Å². The molecule has 3 rings (SSSR count). The Morgan fingerprint density at radius 3 is 2.25 bits per heavy atom. The third-order valence-electron chi connectivity index (χ3n) is 4.13. The van der Waals surface area contributed by atoms with Crippen molar-refractivity contribution < 1.29 is 14.3 Å². The Kier molecular flexibility index (Phi) is 6.41. The van der Waals surface area contributed by atoms with Crippen LogP contribution in [0.1, 0.15) is 11.1 Å². The maximum absolute atomic E-state index is 12.8. The molecule has 0 aromatic heterocycles. The number of amides is 2. The number of ether oxygens (including phenoxy) is 1. The zero-order chi connectivity index (χ0) is 19.8. The molecule has 0 aliphatic carbocycles. The normalized spacial score (nSPS) is 11.3. The van der Waals surface area contributed by atoms with Crippen LogP contribution in [0.2, 0.25) is 0 Å². The van der Waals surface area contributed by atoms with E-state index in [1.807, 2.05) is 67.6 Å². The van der Waals surface area contributed by atoms with E-state index in [9.17, 15) is 9.59 Å². The molecular formula is C23H22N2O3. The molecular weight excluding hydrogens is 352 g/mol. The summed E-state index contributed by atoms with van der Waals surface area (Å²) in [7, 11) is 0. The van der Waals surface area contributed by atoms with Crippen LogP contribution in [0.25, 0.3) is 0 Å². The summed E-state index contributed by atoms with van der Waals surface area (Å²) < 4.78 is 5.27. The van der Waals surface area contributed by atoms with Crippen LogP contribution in [0.4, 0.5) is 10.5 Å². The minimum atomic E-state index is -0.779. The van der Waals surface area contributed by atoms with Gasteiger partial charge in [-0.1, -0.05) is 60.7 Å². The third-order valence-corrected chi connectivity index (χ3v) is 4.13. The summed E-state index contributed by atoms with van der Waals surface area (Å²) in [4.78, 5) is 25.1. The highest BCUT2D eigenvalue weighted by atomic mass is 16.6. The second-order valence-corrected chi connectivity index (χ2v) is 6.45. The fourth-order valence-corrected chi connectivity index (χ4v) is 2.78. The van der Waals surface area contributed by atoms with E-state index in [0.717, 1.165) is 11.1 Å². The van der Waals surface area contributed by atoms with Crippen molar-refractivity contribution in [3.05, 3.63) is 96.1 Å². The van der Waals surface area contributed by atoms with Crippen molar-refractivity contribution in [2.75, 3.05) is 5.32 Å². The molecule has 0 aliphatic rings.